The lowest BCUT2D eigenvalue weighted by molar-refractivity contribution is -0.253. The summed E-state index contributed by atoms with van der Waals surface area (Å²) in [6, 6.07) is 5.98. The number of likely N-dealkylation sites (N-methyl/N-ethyl adjacent to an activating group) is 1. The fourth-order valence-electron chi connectivity index (χ4n) is 7.70. The Labute approximate surface area is 289 Å². The molecule has 3 aliphatic heterocycles. The van der Waals surface area contributed by atoms with Gasteiger partial charge in [0.1, 0.15) is 37.1 Å². The summed E-state index contributed by atoms with van der Waals surface area (Å²) in [6.45, 7) is 4.78. The number of rotatable bonds is 9. The summed E-state index contributed by atoms with van der Waals surface area (Å²) >= 11 is 0. The first-order valence-corrected chi connectivity index (χ1v) is 17.2. The van der Waals surface area contributed by atoms with E-state index in [2.05, 4.69) is 25.4 Å². The molecule has 1 aromatic carbocycles. The number of nitrogens with zero attached hydrogens (tertiary/aromatic N) is 5. The molecule has 6 N–H and O–H groups in total. The summed E-state index contributed by atoms with van der Waals surface area (Å²) in [5.74, 6) is 0.919. The second-order valence-corrected chi connectivity index (χ2v) is 14.8. The van der Waals surface area contributed by atoms with E-state index in [0.717, 1.165) is 31.4 Å². The van der Waals surface area contributed by atoms with Crippen LogP contribution in [0.5, 0.6) is 5.75 Å². The zero-order valence-electron chi connectivity index (χ0n) is 30.2. The molecule has 0 radical (unpaired) electrons. The van der Waals surface area contributed by atoms with Crippen LogP contribution in [0.4, 0.5) is 23.0 Å². The van der Waals surface area contributed by atoms with Crippen molar-refractivity contribution in [2.24, 2.45) is 5.73 Å². The molecule has 2 atom stereocenters. The lowest BCUT2D eigenvalue weighted by atomic mass is 9.38. The van der Waals surface area contributed by atoms with Crippen LogP contribution >= 0.6 is 0 Å². The lowest BCUT2D eigenvalue weighted by Gasteiger charge is -2.72. The number of piperidine rings is 1. The van der Waals surface area contributed by atoms with E-state index in [1.165, 1.54) is 0 Å². The highest BCUT2D eigenvalue weighted by Gasteiger charge is 2.65. The third-order valence-corrected chi connectivity index (χ3v) is 11.6. The molecule has 1 amide bonds. The number of nitrogens with one attached hydrogen (secondary N) is 2. The molecule has 0 saturated carbocycles. The molecule has 5 rings (SSSR count). The number of carbonyl (C=O) groups excluding carboxylic acids is 1. The third-order valence-electron chi connectivity index (χ3n) is 11.6. The van der Waals surface area contributed by atoms with Gasteiger partial charge in [-0.3, -0.25) is 9.69 Å². The minimum absolute atomic E-state index is 0.0359. The monoisotopic (exact) mass is 656 g/mol. The molecule has 0 bridgehead atoms. The highest BCUT2D eigenvalue weighted by molar-refractivity contribution is 6.50. The van der Waals surface area contributed by atoms with Crippen molar-refractivity contribution in [1.82, 2.24) is 19.8 Å². The van der Waals surface area contributed by atoms with Gasteiger partial charge < -0.3 is 45.9 Å². The zero-order valence-corrected chi connectivity index (χ0v) is 30.2. The Morgan fingerprint density at radius 1 is 1.02 bits per heavy atom. The number of anilines is 4. The van der Waals surface area contributed by atoms with Gasteiger partial charge in [-0.2, -0.15) is 0 Å². The van der Waals surface area contributed by atoms with Crippen molar-refractivity contribution in [1.29, 1.82) is 0 Å². The van der Waals surface area contributed by atoms with Gasteiger partial charge in [-0.05, 0) is 62.0 Å². The van der Waals surface area contributed by atoms with Crippen LogP contribution in [-0.4, -0.2) is 157 Å². The number of hydrogen-bond acceptors (Lipinski definition) is 12. The molecule has 13 nitrogen and oxygen atoms in total. The molecule has 3 fully saturated rings. The van der Waals surface area contributed by atoms with Crippen molar-refractivity contribution in [3.8, 4) is 5.75 Å². The third kappa shape index (κ3) is 6.32. The van der Waals surface area contributed by atoms with Crippen molar-refractivity contribution in [3.05, 3.63) is 29.6 Å². The summed E-state index contributed by atoms with van der Waals surface area (Å²) in [4.78, 5) is 28.2. The molecule has 4 heterocycles. The highest BCUT2D eigenvalue weighted by atomic mass is 16.5. The summed E-state index contributed by atoms with van der Waals surface area (Å²) in [5.41, 5.74) is 5.57. The Hall–Kier alpha value is -2.84. The molecule has 19 heteroatoms. The number of ether oxygens (including phenoxy) is 2. The smallest absolute Gasteiger partial charge is 0.271 e. The highest BCUT2D eigenvalue weighted by Crippen LogP contribution is 2.45. The Bertz CT molecular complexity index is 1480. The van der Waals surface area contributed by atoms with Crippen LogP contribution in [0.15, 0.2) is 18.2 Å². The van der Waals surface area contributed by atoms with Crippen molar-refractivity contribution in [2.45, 2.75) is 73.0 Å². The number of piperazine rings is 1. The molecule has 3 saturated heterocycles. The van der Waals surface area contributed by atoms with Gasteiger partial charge in [0, 0.05) is 50.1 Å². The number of amides is 1. The van der Waals surface area contributed by atoms with Crippen LogP contribution in [0, 0.1) is 0 Å². The first-order chi connectivity index (χ1) is 22.5. The summed E-state index contributed by atoms with van der Waals surface area (Å²) in [7, 11) is 15.4. The number of primary amides is 1. The zero-order chi connectivity index (χ0) is 35.2. The molecule has 254 valence electrons. The summed E-state index contributed by atoms with van der Waals surface area (Å²) in [6.07, 6.45) is 3.82. The van der Waals surface area contributed by atoms with Crippen LogP contribution < -0.4 is 26.0 Å². The maximum atomic E-state index is 12.4. The number of benzene rings is 1. The standard InChI is InChI=1S/C29H50B6N8O5/c1-4-19-24(37-16-9-13-48-14-10-16)40-25(22(39-19)23(36)44)38-17-5-6-20(21(15-17)47-3)42-11-7-18(8-12-42)43-28(34,45)26(30,31)41(2)27(32,33)29(43,35)46/h5-6,15-16,18,45-46H,4,7-14,30-35H2,1-3H3,(H2,36,44)(H2,37,38,40). The Morgan fingerprint density at radius 2 is 1.62 bits per heavy atom. The van der Waals surface area contributed by atoms with E-state index in [-0.39, 0.29) is 23.6 Å². The summed E-state index contributed by atoms with van der Waals surface area (Å²) < 4.78 is 11.4. The fraction of sp³-hybridized carbons (Fsp3) is 0.621. The number of aryl methyl sites for hydroxylation is 1. The molecule has 3 aliphatic rings. The van der Waals surface area contributed by atoms with E-state index in [1.807, 2.05) is 84.1 Å². The average molecular weight is 656 g/mol. The van der Waals surface area contributed by atoms with Gasteiger partial charge in [0.15, 0.2) is 33.0 Å². The van der Waals surface area contributed by atoms with Gasteiger partial charge in [0.25, 0.3) is 5.91 Å². The topological polar surface area (TPSA) is 162 Å². The van der Waals surface area contributed by atoms with Gasteiger partial charge in [-0.15, -0.1) is 0 Å². The first kappa shape index (κ1) is 36.4. The SMILES string of the molecule is BC1(B)N(C)C(B)(B)C(B)(O)N(C2CCN(c3ccc(Nc4nc(NC5CCOCC5)c(CC)nc4C(N)=O)cc3OC)CC2)C1(B)O. The van der Waals surface area contributed by atoms with Crippen LogP contribution in [0.25, 0.3) is 0 Å². The maximum absolute atomic E-state index is 12.4. The van der Waals surface area contributed by atoms with E-state index < -0.39 is 27.8 Å². The lowest BCUT2D eigenvalue weighted by Crippen LogP contribution is -2.92. The predicted octanol–water partition coefficient (Wildman–Crippen LogP) is -4.90. The van der Waals surface area contributed by atoms with Gasteiger partial charge in [-0.1, -0.05) is 6.92 Å². The fourth-order valence-corrected chi connectivity index (χ4v) is 7.70. The number of carbonyl (C=O) groups is 1. The Morgan fingerprint density at radius 3 is 2.17 bits per heavy atom. The molecule has 1 aromatic heterocycles. The number of aromatic nitrogens is 2. The second-order valence-electron chi connectivity index (χ2n) is 14.8. The van der Waals surface area contributed by atoms with Crippen LogP contribution in [0.3, 0.4) is 0 Å². The minimum Gasteiger partial charge on any atom is -0.495 e. The van der Waals surface area contributed by atoms with Crippen LogP contribution in [0.1, 0.15) is 48.8 Å². The molecular weight excluding hydrogens is 605 g/mol. The number of nitrogens with two attached hydrogens (primary N) is 1. The predicted molar refractivity (Wildman–Crippen MR) is 205 cm³/mol. The van der Waals surface area contributed by atoms with E-state index in [1.54, 1.807) is 7.11 Å². The van der Waals surface area contributed by atoms with Crippen LogP contribution in [0.2, 0.25) is 0 Å². The summed E-state index contributed by atoms with van der Waals surface area (Å²) in [5, 5.41) is 29.5. The van der Waals surface area contributed by atoms with Gasteiger partial charge in [-0.25, -0.2) is 9.97 Å². The van der Waals surface area contributed by atoms with Crippen molar-refractivity contribution in [3.63, 3.8) is 0 Å². The normalized spacial score (nSPS) is 27.0. The number of methoxy groups -OCH3 is 1. The first-order valence-electron chi connectivity index (χ1n) is 17.2. The van der Waals surface area contributed by atoms with Gasteiger partial charge in [0.2, 0.25) is 0 Å². The average Bonchev–Trinajstić information content (AvgIpc) is 3.04. The Kier molecular flexibility index (Phi) is 10.2. The molecule has 2 unspecified atom stereocenters. The Balaban J connectivity index is 1.36. The largest absolute Gasteiger partial charge is 0.495 e. The van der Waals surface area contributed by atoms with E-state index in [4.69, 9.17) is 20.2 Å². The molecule has 2 aromatic rings. The van der Waals surface area contributed by atoms with Crippen LogP contribution in [-0.2, 0) is 11.2 Å². The van der Waals surface area contributed by atoms with Gasteiger partial charge in [0.05, 0.1) is 29.7 Å². The number of aliphatic hydroxyl groups is 2. The molecule has 48 heavy (non-hydrogen) atoms. The van der Waals surface area contributed by atoms with Crippen molar-refractivity contribution in [2.75, 3.05) is 56.0 Å². The molecule has 0 spiro atoms. The molecular formula is C29H50B6N8O5. The minimum atomic E-state index is -1.28. The van der Waals surface area contributed by atoms with E-state index in [0.29, 0.717) is 55.7 Å². The molecule has 0 aliphatic carbocycles. The maximum Gasteiger partial charge on any atom is 0.271 e. The quantitative estimate of drug-likeness (QED) is 0.164. The van der Waals surface area contributed by atoms with E-state index >= 15 is 0 Å². The van der Waals surface area contributed by atoms with Crippen molar-refractivity contribution < 1.29 is 24.5 Å². The van der Waals surface area contributed by atoms with E-state index in [9.17, 15) is 15.0 Å². The second kappa shape index (κ2) is 13.5. The van der Waals surface area contributed by atoms with Gasteiger partial charge >= 0.3 is 0 Å². The van der Waals surface area contributed by atoms with Crippen molar-refractivity contribution >= 4 is 76.0 Å². The number of hydrogen-bond donors (Lipinski definition) is 5.